The first-order valence-corrected chi connectivity index (χ1v) is 8.84. The Bertz CT molecular complexity index is 524. The number of hydrogen-bond acceptors (Lipinski definition) is 3. The van der Waals surface area contributed by atoms with Gasteiger partial charge >= 0.3 is 6.09 Å². The molecule has 0 fully saturated rings. The molecule has 0 radical (unpaired) electrons. The van der Waals surface area contributed by atoms with Crippen LogP contribution in [-0.2, 0) is 4.74 Å². The molecule has 1 aromatic rings. The molecule has 1 atom stereocenters. The summed E-state index contributed by atoms with van der Waals surface area (Å²) in [6.45, 7) is 13.4. The number of rotatable bonds is 6. The van der Waals surface area contributed by atoms with E-state index in [1.54, 1.807) is 0 Å². The molecule has 1 rings (SSSR count). The van der Waals surface area contributed by atoms with E-state index in [2.05, 4.69) is 59.5 Å². The van der Waals surface area contributed by atoms with Gasteiger partial charge in [-0.25, -0.2) is 4.79 Å². The van der Waals surface area contributed by atoms with Gasteiger partial charge in [0.1, 0.15) is 5.60 Å². The fourth-order valence-corrected chi connectivity index (χ4v) is 2.47. The zero-order chi connectivity index (χ0) is 17.6. The number of amides is 1. The normalized spacial score (nSPS) is 12.9. The number of halogens is 1. The molecule has 0 bridgehead atoms. The first-order chi connectivity index (χ1) is 10.6. The van der Waals surface area contributed by atoms with Crippen molar-refractivity contribution in [2.24, 2.45) is 11.8 Å². The van der Waals surface area contributed by atoms with Crippen LogP contribution < -0.4 is 10.6 Å². The zero-order valence-electron chi connectivity index (χ0n) is 15.0. The molecule has 1 unspecified atom stereocenters. The summed E-state index contributed by atoms with van der Waals surface area (Å²) in [5.41, 5.74) is 1.82. The highest BCUT2D eigenvalue weighted by molar-refractivity contribution is 9.10. The lowest BCUT2D eigenvalue weighted by molar-refractivity contribution is 0.0516. The van der Waals surface area contributed by atoms with Crippen LogP contribution in [0.3, 0.4) is 0 Å². The van der Waals surface area contributed by atoms with Crippen LogP contribution in [0.1, 0.15) is 40.2 Å². The van der Waals surface area contributed by atoms with Crippen molar-refractivity contribution in [3.8, 4) is 0 Å². The van der Waals surface area contributed by atoms with Crippen molar-refractivity contribution in [3.63, 3.8) is 0 Å². The number of nitrogens with one attached hydrogen (secondary N) is 2. The second kappa shape index (κ2) is 8.57. The molecule has 0 aliphatic heterocycles. The van der Waals surface area contributed by atoms with Gasteiger partial charge in [-0.3, -0.25) is 0 Å². The minimum Gasteiger partial charge on any atom is -0.444 e. The first kappa shape index (κ1) is 19.8. The lowest BCUT2D eigenvalue weighted by atomic mass is 9.95. The predicted molar refractivity (Wildman–Crippen MR) is 99.9 cm³/mol. The van der Waals surface area contributed by atoms with Gasteiger partial charge in [0.05, 0.1) is 0 Å². The molecule has 0 heterocycles. The highest BCUT2D eigenvalue weighted by Gasteiger charge is 2.19. The molecule has 1 aromatic carbocycles. The molecule has 130 valence electrons. The number of alkyl carbamates (subject to hydrolysis) is 1. The first-order valence-electron chi connectivity index (χ1n) is 8.05. The van der Waals surface area contributed by atoms with Crippen LogP contribution in [0.15, 0.2) is 22.7 Å². The second-order valence-electron chi connectivity index (χ2n) is 7.25. The summed E-state index contributed by atoms with van der Waals surface area (Å²) in [4.78, 5) is 11.8. The van der Waals surface area contributed by atoms with E-state index in [1.807, 2.05) is 26.8 Å². The van der Waals surface area contributed by atoms with Gasteiger partial charge in [-0.15, -0.1) is 0 Å². The standard InChI is InChI=1S/C18H29BrN2O2/c1-12(2)14(11-21-17(22)23-18(4,5)6)10-20-16-9-13(3)7-8-15(16)19/h7-9,12,14,20H,10-11H2,1-6H3,(H,21,22). The van der Waals surface area contributed by atoms with Gasteiger partial charge in [0, 0.05) is 23.2 Å². The monoisotopic (exact) mass is 384 g/mol. The van der Waals surface area contributed by atoms with Crippen LogP contribution in [0.2, 0.25) is 0 Å². The highest BCUT2D eigenvalue weighted by Crippen LogP contribution is 2.24. The fraction of sp³-hybridized carbons (Fsp3) is 0.611. The fourth-order valence-electron chi connectivity index (χ4n) is 2.09. The summed E-state index contributed by atoms with van der Waals surface area (Å²) in [5.74, 6) is 0.760. The Labute approximate surface area is 148 Å². The topological polar surface area (TPSA) is 50.4 Å². The lowest BCUT2D eigenvalue weighted by Gasteiger charge is -2.24. The smallest absolute Gasteiger partial charge is 0.407 e. The number of anilines is 1. The number of aryl methyl sites for hydroxylation is 1. The summed E-state index contributed by atoms with van der Waals surface area (Å²) in [6, 6.07) is 6.23. The van der Waals surface area contributed by atoms with Gasteiger partial charge in [-0.2, -0.15) is 0 Å². The Balaban J connectivity index is 2.56. The van der Waals surface area contributed by atoms with E-state index in [0.717, 1.165) is 16.7 Å². The summed E-state index contributed by atoms with van der Waals surface area (Å²) in [6.07, 6.45) is -0.361. The molecule has 23 heavy (non-hydrogen) atoms. The third kappa shape index (κ3) is 7.73. The molecule has 1 amide bonds. The maximum absolute atomic E-state index is 11.8. The number of hydrogen-bond donors (Lipinski definition) is 2. The third-order valence-electron chi connectivity index (χ3n) is 3.53. The average Bonchev–Trinajstić information content (AvgIpc) is 2.40. The van der Waals surface area contributed by atoms with Crippen molar-refractivity contribution >= 4 is 27.7 Å². The maximum Gasteiger partial charge on any atom is 0.407 e. The van der Waals surface area contributed by atoms with Crippen molar-refractivity contribution in [1.29, 1.82) is 0 Å². The number of benzene rings is 1. The highest BCUT2D eigenvalue weighted by atomic mass is 79.9. The number of carbonyl (C=O) groups excluding carboxylic acids is 1. The van der Waals surface area contributed by atoms with E-state index < -0.39 is 5.60 Å². The van der Waals surface area contributed by atoms with E-state index in [0.29, 0.717) is 18.4 Å². The lowest BCUT2D eigenvalue weighted by Crippen LogP contribution is -2.38. The van der Waals surface area contributed by atoms with Crippen LogP contribution in [0, 0.1) is 18.8 Å². The summed E-state index contributed by atoms with van der Waals surface area (Å²) < 4.78 is 6.33. The van der Waals surface area contributed by atoms with E-state index in [4.69, 9.17) is 4.74 Å². The number of carbonyl (C=O) groups is 1. The van der Waals surface area contributed by atoms with Gasteiger partial charge in [-0.05, 0) is 73.2 Å². The van der Waals surface area contributed by atoms with Crippen molar-refractivity contribution in [1.82, 2.24) is 5.32 Å². The molecular formula is C18H29BrN2O2. The van der Waals surface area contributed by atoms with Gasteiger partial charge in [0.25, 0.3) is 0 Å². The van der Waals surface area contributed by atoms with Crippen LogP contribution >= 0.6 is 15.9 Å². The molecule has 5 heteroatoms. The zero-order valence-corrected chi connectivity index (χ0v) is 16.6. The van der Waals surface area contributed by atoms with Crippen LogP contribution in [-0.4, -0.2) is 24.8 Å². The van der Waals surface area contributed by atoms with Crippen molar-refractivity contribution in [2.45, 2.75) is 47.1 Å². The second-order valence-corrected chi connectivity index (χ2v) is 8.11. The quantitative estimate of drug-likeness (QED) is 0.727. The maximum atomic E-state index is 11.8. The molecule has 0 aliphatic carbocycles. The van der Waals surface area contributed by atoms with Crippen LogP contribution in [0.25, 0.3) is 0 Å². The molecule has 4 nitrogen and oxygen atoms in total. The SMILES string of the molecule is Cc1ccc(Br)c(NCC(CNC(=O)OC(C)(C)C)C(C)C)c1. The van der Waals surface area contributed by atoms with Gasteiger partial charge in [0.15, 0.2) is 0 Å². The van der Waals surface area contributed by atoms with Gasteiger partial charge < -0.3 is 15.4 Å². The Kier molecular flexibility index (Phi) is 7.39. The summed E-state index contributed by atoms with van der Waals surface area (Å²) in [5, 5.41) is 6.34. The van der Waals surface area contributed by atoms with E-state index in [-0.39, 0.29) is 6.09 Å². The van der Waals surface area contributed by atoms with Crippen LogP contribution in [0.5, 0.6) is 0 Å². The van der Waals surface area contributed by atoms with Crippen LogP contribution in [0.4, 0.5) is 10.5 Å². The Hall–Kier alpha value is -1.23. The van der Waals surface area contributed by atoms with Crippen molar-refractivity contribution in [2.75, 3.05) is 18.4 Å². The molecule has 0 saturated carbocycles. The minimum atomic E-state index is -0.470. The Morgan fingerprint density at radius 3 is 2.48 bits per heavy atom. The van der Waals surface area contributed by atoms with E-state index >= 15 is 0 Å². The van der Waals surface area contributed by atoms with Gasteiger partial charge in [-0.1, -0.05) is 19.9 Å². The van der Waals surface area contributed by atoms with Crippen molar-refractivity contribution in [3.05, 3.63) is 28.2 Å². The molecule has 0 spiro atoms. The predicted octanol–water partition coefficient (Wildman–Crippen LogP) is 4.97. The largest absolute Gasteiger partial charge is 0.444 e. The third-order valence-corrected chi connectivity index (χ3v) is 4.22. The molecule has 0 aromatic heterocycles. The Morgan fingerprint density at radius 2 is 1.91 bits per heavy atom. The summed E-state index contributed by atoms with van der Waals surface area (Å²) >= 11 is 3.56. The average molecular weight is 385 g/mol. The molecule has 2 N–H and O–H groups in total. The summed E-state index contributed by atoms with van der Waals surface area (Å²) in [7, 11) is 0. The van der Waals surface area contributed by atoms with Crippen molar-refractivity contribution < 1.29 is 9.53 Å². The van der Waals surface area contributed by atoms with E-state index in [1.165, 1.54) is 5.56 Å². The Morgan fingerprint density at radius 1 is 1.26 bits per heavy atom. The molecular weight excluding hydrogens is 356 g/mol. The van der Waals surface area contributed by atoms with Gasteiger partial charge in [0.2, 0.25) is 0 Å². The number of ether oxygens (including phenoxy) is 1. The molecule has 0 aliphatic rings. The minimum absolute atomic E-state index is 0.315. The molecule has 0 saturated heterocycles. The van der Waals surface area contributed by atoms with E-state index in [9.17, 15) is 4.79 Å².